The van der Waals surface area contributed by atoms with Crippen LogP contribution in [0.15, 0.2) is 29.7 Å². The molecule has 30 heavy (non-hydrogen) atoms. The van der Waals surface area contributed by atoms with E-state index in [0.29, 0.717) is 28.6 Å². The second-order valence-electron chi connectivity index (χ2n) is 5.87. The molecule has 0 aliphatic heterocycles. The Morgan fingerprint density at radius 2 is 1.40 bits per heavy atom. The number of benzene rings is 2. The van der Waals surface area contributed by atoms with Crippen LogP contribution in [0.2, 0.25) is 0 Å². The Morgan fingerprint density at radius 1 is 0.867 bits per heavy atom. The third-order valence-corrected chi connectivity index (χ3v) is 5.25. The van der Waals surface area contributed by atoms with Gasteiger partial charge in [-0.05, 0) is 12.1 Å². The normalized spacial score (nSPS) is 11.8. The fourth-order valence-corrected chi connectivity index (χ4v) is 3.66. The van der Waals surface area contributed by atoms with Gasteiger partial charge in [0.1, 0.15) is 17.2 Å². The molecule has 2 aromatic carbocycles. The number of nitrogens with zero attached hydrogens (tertiary/aromatic N) is 1. The van der Waals surface area contributed by atoms with E-state index in [4.69, 9.17) is 23.7 Å². The van der Waals surface area contributed by atoms with Crippen LogP contribution in [0.25, 0.3) is 6.08 Å². The molecule has 10 heteroatoms. The Bertz CT molecular complexity index is 949. The van der Waals surface area contributed by atoms with E-state index >= 15 is 0 Å². The maximum atomic E-state index is 12.7. The van der Waals surface area contributed by atoms with Gasteiger partial charge in [-0.25, -0.2) is 0 Å². The standard InChI is InChI=1S/C20H23NO8S/c1-25-14-9-17(26-2)15(18(10-14)27-3)6-7-30(24)12-13-8-19(28-4)20(29-5)11-16(13)21(22)23/h6-11H,12H2,1-5H3/b7-6+. The number of ether oxygens (including phenoxy) is 5. The second-order valence-corrected chi connectivity index (χ2v) is 7.19. The Hall–Kier alpha value is -3.27. The van der Waals surface area contributed by atoms with Crippen molar-refractivity contribution in [1.82, 2.24) is 0 Å². The first-order valence-corrected chi connectivity index (χ1v) is 10.0. The minimum absolute atomic E-state index is 0.0893. The van der Waals surface area contributed by atoms with Crippen LogP contribution >= 0.6 is 0 Å². The van der Waals surface area contributed by atoms with Gasteiger partial charge < -0.3 is 23.7 Å². The lowest BCUT2D eigenvalue weighted by atomic mass is 10.1. The average Bonchev–Trinajstić information content (AvgIpc) is 2.76. The quantitative estimate of drug-likeness (QED) is 0.410. The van der Waals surface area contributed by atoms with Gasteiger partial charge in [-0.3, -0.25) is 14.3 Å². The van der Waals surface area contributed by atoms with Crippen LogP contribution in [-0.2, 0) is 16.6 Å². The van der Waals surface area contributed by atoms with Crippen molar-refractivity contribution in [2.75, 3.05) is 35.5 Å². The first-order valence-electron chi connectivity index (χ1n) is 8.63. The van der Waals surface area contributed by atoms with Gasteiger partial charge in [0.2, 0.25) is 0 Å². The summed E-state index contributed by atoms with van der Waals surface area (Å²) in [6.45, 7) is 0. The van der Waals surface area contributed by atoms with Gasteiger partial charge in [0.15, 0.2) is 11.5 Å². The molecule has 0 saturated heterocycles. The van der Waals surface area contributed by atoms with Crippen molar-refractivity contribution in [2.45, 2.75) is 5.75 Å². The molecule has 2 rings (SSSR count). The largest absolute Gasteiger partial charge is 0.496 e. The first kappa shape index (κ1) is 23.0. The van der Waals surface area contributed by atoms with E-state index in [-0.39, 0.29) is 22.8 Å². The Labute approximate surface area is 176 Å². The van der Waals surface area contributed by atoms with Crippen molar-refractivity contribution in [1.29, 1.82) is 0 Å². The number of hydrogen-bond donors (Lipinski definition) is 0. The lowest BCUT2D eigenvalue weighted by Gasteiger charge is -2.12. The maximum Gasteiger partial charge on any atom is 0.277 e. The lowest BCUT2D eigenvalue weighted by molar-refractivity contribution is -0.385. The third kappa shape index (κ3) is 5.20. The van der Waals surface area contributed by atoms with Crippen molar-refractivity contribution in [3.8, 4) is 28.7 Å². The molecule has 1 atom stereocenters. The molecule has 0 aromatic heterocycles. The molecular formula is C20H23NO8S. The Kier molecular flexibility index (Phi) is 8.05. The number of rotatable bonds is 10. The van der Waals surface area contributed by atoms with E-state index in [9.17, 15) is 14.3 Å². The van der Waals surface area contributed by atoms with Gasteiger partial charge in [-0.1, -0.05) is 0 Å². The van der Waals surface area contributed by atoms with Gasteiger partial charge in [0.05, 0.1) is 68.7 Å². The van der Waals surface area contributed by atoms with Crippen molar-refractivity contribution in [3.05, 3.63) is 50.9 Å². The zero-order valence-corrected chi connectivity index (χ0v) is 18.1. The first-order chi connectivity index (χ1) is 14.4. The molecule has 9 nitrogen and oxygen atoms in total. The number of nitro groups is 1. The SMILES string of the molecule is COc1cc(OC)c(/C=C/S(=O)Cc2cc(OC)c(OC)cc2[N+](=O)[O-])c(OC)c1. The van der Waals surface area contributed by atoms with Gasteiger partial charge in [0.25, 0.3) is 5.69 Å². The molecule has 0 fully saturated rings. The van der Waals surface area contributed by atoms with Crippen molar-refractivity contribution in [2.24, 2.45) is 0 Å². The van der Waals surface area contributed by atoms with Crippen LogP contribution in [0.3, 0.4) is 0 Å². The van der Waals surface area contributed by atoms with Gasteiger partial charge >= 0.3 is 0 Å². The molecule has 0 bridgehead atoms. The zero-order chi connectivity index (χ0) is 22.3. The highest BCUT2D eigenvalue weighted by Gasteiger charge is 2.20. The second kappa shape index (κ2) is 10.5. The summed E-state index contributed by atoms with van der Waals surface area (Å²) in [4.78, 5) is 10.9. The van der Waals surface area contributed by atoms with Crippen LogP contribution in [0.1, 0.15) is 11.1 Å². The molecule has 0 amide bonds. The highest BCUT2D eigenvalue weighted by Crippen LogP contribution is 2.36. The molecule has 0 aliphatic carbocycles. The fraction of sp³-hybridized carbons (Fsp3) is 0.300. The summed E-state index contributed by atoms with van der Waals surface area (Å²) in [5.74, 6) is 1.93. The van der Waals surface area contributed by atoms with E-state index < -0.39 is 15.7 Å². The summed E-state index contributed by atoms with van der Waals surface area (Å²) in [6, 6.07) is 6.05. The van der Waals surface area contributed by atoms with Crippen LogP contribution in [0, 0.1) is 10.1 Å². The maximum absolute atomic E-state index is 12.7. The minimum Gasteiger partial charge on any atom is -0.496 e. The monoisotopic (exact) mass is 437 g/mol. The highest BCUT2D eigenvalue weighted by molar-refractivity contribution is 7.87. The third-order valence-electron chi connectivity index (χ3n) is 4.22. The van der Waals surface area contributed by atoms with Gasteiger partial charge in [-0.2, -0.15) is 0 Å². The van der Waals surface area contributed by atoms with E-state index in [1.807, 2.05) is 0 Å². The minimum atomic E-state index is -1.57. The lowest BCUT2D eigenvalue weighted by Crippen LogP contribution is -2.01. The summed E-state index contributed by atoms with van der Waals surface area (Å²) in [7, 11) is 5.76. The summed E-state index contributed by atoms with van der Waals surface area (Å²) in [5.41, 5.74) is 0.624. The number of nitro benzene ring substituents is 1. The Morgan fingerprint density at radius 3 is 1.87 bits per heavy atom. The molecule has 0 aliphatic rings. The molecule has 0 N–H and O–H groups in total. The summed E-state index contributed by atoms with van der Waals surface area (Å²) in [6.07, 6.45) is 1.58. The molecule has 1 unspecified atom stereocenters. The average molecular weight is 437 g/mol. The highest BCUT2D eigenvalue weighted by atomic mass is 32.2. The van der Waals surface area contributed by atoms with Gasteiger partial charge in [-0.15, -0.1) is 0 Å². The number of hydrogen-bond acceptors (Lipinski definition) is 8. The topological polar surface area (TPSA) is 106 Å². The fourth-order valence-electron chi connectivity index (χ4n) is 2.74. The van der Waals surface area contributed by atoms with Gasteiger partial charge in [0, 0.05) is 23.1 Å². The summed E-state index contributed by atoms with van der Waals surface area (Å²) >= 11 is 0. The summed E-state index contributed by atoms with van der Waals surface area (Å²) < 4.78 is 38.9. The van der Waals surface area contributed by atoms with Crippen LogP contribution in [0.5, 0.6) is 28.7 Å². The van der Waals surface area contributed by atoms with Crippen molar-refractivity contribution < 1.29 is 32.8 Å². The van der Waals surface area contributed by atoms with E-state index in [0.717, 1.165) is 0 Å². The van der Waals surface area contributed by atoms with Crippen LogP contribution in [0.4, 0.5) is 5.69 Å². The smallest absolute Gasteiger partial charge is 0.277 e. The number of methoxy groups -OCH3 is 5. The molecule has 0 saturated carbocycles. The molecule has 0 spiro atoms. The summed E-state index contributed by atoms with van der Waals surface area (Å²) in [5, 5.41) is 12.8. The molecule has 2 aromatic rings. The predicted molar refractivity (Wildman–Crippen MR) is 113 cm³/mol. The molecular weight excluding hydrogens is 414 g/mol. The van der Waals surface area contributed by atoms with E-state index in [1.165, 1.54) is 53.1 Å². The van der Waals surface area contributed by atoms with Crippen molar-refractivity contribution in [3.63, 3.8) is 0 Å². The van der Waals surface area contributed by atoms with E-state index in [2.05, 4.69) is 0 Å². The molecule has 0 heterocycles. The van der Waals surface area contributed by atoms with Crippen LogP contribution < -0.4 is 23.7 Å². The predicted octanol–water partition coefficient (Wildman–Crippen LogP) is 3.56. The van der Waals surface area contributed by atoms with Crippen molar-refractivity contribution >= 4 is 22.6 Å². The molecule has 162 valence electrons. The Balaban J connectivity index is 2.36. The van der Waals surface area contributed by atoms with Crippen LogP contribution in [-0.4, -0.2) is 44.7 Å². The molecule has 0 radical (unpaired) electrons. The zero-order valence-electron chi connectivity index (χ0n) is 17.3. The van der Waals surface area contributed by atoms with E-state index in [1.54, 1.807) is 18.2 Å².